The highest BCUT2D eigenvalue weighted by molar-refractivity contribution is 5.80. The number of fused-ring (bicyclic) bond motifs is 1. The van der Waals surface area contributed by atoms with Crippen LogP contribution in [-0.2, 0) is 13.1 Å². The Kier molecular flexibility index (Phi) is 5.66. The third-order valence-corrected chi connectivity index (χ3v) is 3.72. The zero-order chi connectivity index (χ0) is 14.4. The monoisotopic (exact) mass is 272 g/mol. The molecule has 2 nitrogen and oxygen atoms in total. The molecule has 0 saturated carbocycles. The lowest BCUT2D eigenvalue weighted by molar-refractivity contribution is 0.552. The van der Waals surface area contributed by atoms with Gasteiger partial charge < -0.3 is 9.88 Å². The molecule has 0 amide bonds. The zero-order valence-electron chi connectivity index (χ0n) is 13.2. The molecule has 1 heterocycles. The summed E-state index contributed by atoms with van der Waals surface area (Å²) in [5.74, 6) is 0.705. The fraction of sp³-hybridized carbons (Fsp3) is 0.556. The molecule has 1 N–H and O–H groups in total. The van der Waals surface area contributed by atoms with Gasteiger partial charge in [-0.15, -0.1) is 0 Å². The van der Waals surface area contributed by atoms with E-state index in [1.165, 1.54) is 35.7 Å². The second-order valence-electron chi connectivity index (χ2n) is 6.13. The summed E-state index contributed by atoms with van der Waals surface area (Å²) in [4.78, 5) is 0. The first-order chi connectivity index (χ1) is 9.70. The molecule has 0 aliphatic carbocycles. The molecular weight excluding hydrogens is 244 g/mol. The van der Waals surface area contributed by atoms with Gasteiger partial charge in [0.15, 0.2) is 0 Å². The standard InChI is InChI=1S/C18H28N2/c1-4-5-6-10-20-11-9-17-8-7-16(12-18(17)20)14-19-13-15(2)3/h7-9,11-12,15,19H,4-6,10,13-14H2,1-3H3. The van der Waals surface area contributed by atoms with Gasteiger partial charge in [-0.05, 0) is 42.0 Å². The quantitative estimate of drug-likeness (QED) is 0.696. The van der Waals surface area contributed by atoms with Crippen molar-refractivity contribution in [3.05, 3.63) is 36.0 Å². The molecule has 0 atom stereocenters. The number of aryl methyl sites for hydroxylation is 1. The Morgan fingerprint density at radius 3 is 2.75 bits per heavy atom. The van der Waals surface area contributed by atoms with Crippen LogP contribution in [0.15, 0.2) is 30.5 Å². The molecule has 1 aromatic carbocycles. The number of aromatic nitrogens is 1. The minimum absolute atomic E-state index is 0.705. The van der Waals surface area contributed by atoms with Gasteiger partial charge in [-0.1, -0.05) is 45.7 Å². The van der Waals surface area contributed by atoms with Crippen molar-refractivity contribution >= 4 is 10.9 Å². The van der Waals surface area contributed by atoms with Crippen LogP contribution in [0.4, 0.5) is 0 Å². The molecule has 2 heteroatoms. The van der Waals surface area contributed by atoms with Crippen molar-refractivity contribution in [2.75, 3.05) is 6.54 Å². The van der Waals surface area contributed by atoms with Crippen LogP contribution in [0.25, 0.3) is 10.9 Å². The minimum atomic E-state index is 0.705. The highest BCUT2D eigenvalue weighted by Gasteiger charge is 2.03. The molecule has 0 radical (unpaired) electrons. The van der Waals surface area contributed by atoms with E-state index in [-0.39, 0.29) is 0 Å². The van der Waals surface area contributed by atoms with Crippen molar-refractivity contribution in [2.45, 2.75) is 53.1 Å². The second kappa shape index (κ2) is 7.49. The number of hydrogen-bond acceptors (Lipinski definition) is 1. The summed E-state index contributed by atoms with van der Waals surface area (Å²) in [5, 5.41) is 4.88. The van der Waals surface area contributed by atoms with Crippen molar-refractivity contribution in [1.29, 1.82) is 0 Å². The maximum Gasteiger partial charge on any atom is 0.0483 e. The first-order valence-electron chi connectivity index (χ1n) is 7.99. The van der Waals surface area contributed by atoms with Gasteiger partial charge in [0, 0.05) is 24.8 Å². The first-order valence-corrected chi connectivity index (χ1v) is 7.99. The molecular formula is C18H28N2. The summed E-state index contributed by atoms with van der Waals surface area (Å²) in [6.07, 6.45) is 6.10. The maximum absolute atomic E-state index is 3.52. The number of benzene rings is 1. The van der Waals surface area contributed by atoms with E-state index in [2.05, 4.69) is 61.1 Å². The van der Waals surface area contributed by atoms with Crippen LogP contribution in [-0.4, -0.2) is 11.1 Å². The van der Waals surface area contributed by atoms with Crippen molar-refractivity contribution in [3.63, 3.8) is 0 Å². The predicted octanol–water partition coefficient (Wildman–Crippen LogP) is 4.58. The van der Waals surface area contributed by atoms with E-state index >= 15 is 0 Å². The Morgan fingerprint density at radius 2 is 2.00 bits per heavy atom. The van der Waals surface area contributed by atoms with E-state index in [1.54, 1.807) is 0 Å². The summed E-state index contributed by atoms with van der Waals surface area (Å²) in [6, 6.07) is 9.06. The van der Waals surface area contributed by atoms with E-state index in [1.807, 2.05) is 0 Å². The van der Waals surface area contributed by atoms with Gasteiger partial charge in [0.2, 0.25) is 0 Å². The third-order valence-electron chi connectivity index (χ3n) is 3.72. The highest BCUT2D eigenvalue weighted by atomic mass is 14.9. The van der Waals surface area contributed by atoms with Crippen molar-refractivity contribution in [1.82, 2.24) is 9.88 Å². The summed E-state index contributed by atoms with van der Waals surface area (Å²) in [5.41, 5.74) is 2.76. The lowest BCUT2D eigenvalue weighted by Gasteiger charge is -2.09. The number of hydrogen-bond donors (Lipinski definition) is 1. The molecule has 20 heavy (non-hydrogen) atoms. The zero-order valence-corrected chi connectivity index (χ0v) is 13.2. The summed E-state index contributed by atoms with van der Waals surface area (Å²) < 4.78 is 2.40. The summed E-state index contributed by atoms with van der Waals surface area (Å²) >= 11 is 0. The fourth-order valence-electron chi connectivity index (χ4n) is 2.57. The Labute approximate surface area is 123 Å². The van der Waals surface area contributed by atoms with Gasteiger partial charge >= 0.3 is 0 Å². The van der Waals surface area contributed by atoms with Crippen molar-refractivity contribution < 1.29 is 0 Å². The average Bonchev–Trinajstić information content (AvgIpc) is 2.81. The molecule has 2 rings (SSSR count). The lowest BCUT2D eigenvalue weighted by Crippen LogP contribution is -2.18. The number of nitrogens with zero attached hydrogens (tertiary/aromatic N) is 1. The highest BCUT2D eigenvalue weighted by Crippen LogP contribution is 2.18. The van der Waals surface area contributed by atoms with Gasteiger partial charge in [-0.2, -0.15) is 0 Å². The lowest BCUT2D eigenvalue weighted by atomic mass is 10.1. The molecule has 0 aliphatic heterocycles. The van der Waals surface area contributed by atoms with Gasteiger partial charge in [-0.3, -0.25) is 0 Å². The van der Waals surface area contributed by atoms with Crippen LogP contribution in [0.1, 0.15) is 45.6 Å². The molecule has 110 valence electrons. The largest absolute Gasteiger partial charge is 0.347 e. The SMILES string of the molecule is CCCCCn1ccc2ccc(CNCC(C)C)cc21. The van der Waals surface area contributed by atoms with E-state index in [0.29, 0.717) is 5.92 Å². The molecule has 0 aliphatic rings. The molecule has 1 aromatic heterocycles. The summed E-state index contributed by atoms with van der Waals surface area (Å²) in [7, 11) is 0. The van der Waals surface area contributed by atoms with Crippen LogP contribution < -0.4 is 5.32 Å². The van der Waals surface area contributed by atoms with Gasteiger partial charge in [0.25, 0.3) is 0 Å². The fourth-order valence-corrected chi connectivity index (χ4v) is 2.57. The van der Waals surface area contributed by atoms with Crippen LogP contribution in [0.3, 0.4) is 0 Å². The molecule has 2 aromatic rings. The number of rotatable bonds is 8. The first kappa shape index (κ1) is 15.1. The molecule has 0 saturated heterocycles. The topological polar surface area (TPSA) is 17.0 Å². The third kappa shape index (κ3) is 4.11. The normalized spacial score (nSPS) is 11.6. The minimum Gasteiger partial charge on any atom is -0.347 e. The van der Waals surface area contributed by atoms with E-state index in [0.717, 1.165) is 19.6 Å². The van der Waals surface area contributed by atoms with E-state index in [4.69, 9.17) is 0 Å². The van der Waals surface area contributed by atoms with Crippen LogP contribution in [0.5, 0.6) is 0 Å². The Balaban J connectivity index is 2.04. The Hall–Kier alpha value is -1.28. The number of nitrogens with one attached hydrogen (secondary N) is 1. The second-order valence-corrected chi connectivity index (χ2v) is 6.13. The Bertz CT molecular complexity index is 525. The summed E-state index contributed by atoms with van der Waals surface area (Å²) in [6.45, 7) is 9.93. The average molecular weight is 272 g/mol. The molecule has 0 bridgehead atoms. The van der Waals surface area contributed by atoms with Gasteiger partial charge in [0.1, 0.15) is 0 Å². The van der Waals surface area contributed by atoms with Crippen molar-refractivity contribution in [3.8, 4) is 0 Å². The van der Waals surface area contributed by atoms with Gasteiger partial charge in [-0.25, -0.2) is 0 Å². The van der Waals surface area contributed by atoms with Gasteiger partial charge in [0.05, 0.1) is 0 Å². The van der Waals surface area contributed by atoms with Crippen LogP contribution in [0.2, 0.25) is 0 Å². The van der Waals surface area contributed by atoms with E-state index < -0.39 is 0 Å². The molecule has 0 fully saturated rings. The smallest absolute Gasteiger partial charge is 0.0483 e. The van der Waals surface area contributed by atoms with E-state index in [9.17, 15) is 0 Å². The molecule has 0 unspecified atom stereocenters. The molecule has 0 spiro atoms. The van der Waals surface area contributed by atoms with Crippen molar-refractivity contribution in [2.24, 2.45) is 5.92 Å². The Morgan fingerprint density at radius 1 is 1.15 bits per heavy atom. The van der Waals surface area contributed by atoms with Crippen LogP contribution >= 0.6 is 0 Å². The van der Waals surface area contributed by atoms with Crippen LogP contribution in [0, 0.1) is 5.92 Å². The maximum atomic E-state index is 3.52. The predicted molar refractivity (Wildman–Crippen MR) is 88.0 cm³/mol. The number of unbranched alkanes of at least 4 members (excludes halogenated alkanes) is 2.